The van der Waals surface area contributed by atoms with Gasteiger partial charge in [-0.15, -0.1) is 0 Å². The second-order valence-electron chi connectivity index (χ2n) is 4.95. The average molecular weight is 294 g/mol. The van der Waals surface area contributed by atoms with E-state index in [1.165, 1.54) is 12.1 Å². The van der Waals surface area contributed by atoms with Crippen LogP contribution in [0.15, 0.2) is 48.5 Å². The van der Waals surface area contributed by atoms with E-state index in [4.69, 9.17) is 11.6 Å². The van der Waals surface area contributed by atoms with Gasteiger partial charge in [-0.05, 0) is 30.7 Å². The third-order valence-electron chi connectivity index (χ3n) is 3.40. The van der Waals surface area contributed by atoms with Gasteiger partial charge in [0.05, 0.1) is 12.1 Å². The summed E-state index contributed by atoms with van der Waals surface area (Å²) >= 11 is 5.87. The van der Waals surface area contributed by atoms with Gasteiger partial charge in [0.1, 0.15) is 5.82 Å². The maximum Gasteiger partial charge on any atom is 0.127 e. The molecule has 0 bridgehead atoms. The number of aliphatic hydroxyl groups excluding tert-OH is 1. The molecule has 0 aromatic heterocycles. The molecular formula is C16H17ClFNO. The lowest BCUT2D eigenvalue weighted by molar-refractivity contribution is 0.173. The molecule has 2 nitrogen and oxygen atoms in total. The molecule has 0 aliphatic rings. The third-order valence-corrected chi connectivity index (χ3v) is 3.64. The van der Waals surface area contributed by atoms with Crippen LogP contribution in [0, 0.1) is 5.82 Å². The summed E-state index contributed by atoms with van der Waals surface area (Å²) in [6.45, 7) is 2.09. The topological polar surface area (TPSA) is 32.3 Å². The Morgan fingerprint density at radius 1 is 1.20 bits per heavy atom. The van der Waals surface area contributed by atoms with Gasteiger partial charge in [-0.1, -0.05) is 41.9 Å². The Labute approximate surface area is 123 Å². The Morgan fingerprint density at radius 3 is 2.55 bits per heavy atom. The number of nitrogens with one attached hydrogen (secondary N) is 1. The van der Waals surface area contributed by atoms with Crippen molar-refractivity contribution in [3.63, 3.8) is 0 Å². The normalized spacial score (nSPS) is 14.0. The van der Waals surface area contributed by atoms with Crippen LogP contribution >= 0.6 is 11.6 Å². The molecule has 2 rings (SSSR count). The summed E-state index contributed by atoms with van der Waals surface area (Å²) in [4.78, 5) is 0. The SMILES string of the molecule is CC(CO)(NCc1cc(Cl)ccc1F)c1ccccc1. The van der Waals surface area contributed by atoms with Crippen molar-refractivity contribution in [1.29, 1.82) is 0 Å². The quantitative estimate of drug-likeness (QED) is 0.885. The smallest absolute Gasteiger partial charge is 0.127 e. The van der Waals surface area contributed by atoms with E-state index in [0.29, 0.717) is 17.1 Å². The maximum atomic E-state index is 13.7. The van der Waals surface area contributed by atoms with E-state index in [-0.39, 0.29) is 12.4 Å². The van der Waals surface area contributed by atoms with Crippen LogP contribution in [0.25, 0.3) is 0 Å². The number of benzene rings is 2. The van der Waals surface area contributed by atoms with Crippen LogP contribution in [-0.4, -0.2) is 11.7 Å². The highest BCUT2D eigenvalue weighted by molar-refractivity contribution is 6.30. The van der Waals surface area contributed by atoms with Crippen LogP contribution in [-0.2, 0) is 12.1 Å². The fourth-order valence-electron chi connectivity index (χ4n) is 2.02. The third kappa shape index (κ3) is 3.37. The van der Waals surface area contributed by atoms with E-state index in [1.807, 2.05) is 37.3 Å². The molecule has 0 fully saturated rings. The van der Waals surface area contributed by atoms with Gasteiger partial charge in [-0.3, -0.25) is 0 Å². The Hall–Kier alpha value is -1.42. The Bertz CT molecular complexity index is 576. The molecule has 0 amide bonds. The zero-order valence-corrected chi connectivity index (χ0v) is 12.0. The standard InChI is InChI=1S/C16H17ClFNO/c1-16(11-20,13-5-3-2-4-6-13)19-10-12-9-14(17)7-8-15(12)18/h2-9,19-20H,10-11H2,1H3. The number of rotatable bonds is 5. The van der Waals surface area contributed by atoms with Crippen molar-refractivity contribution in [3.05, 3.63) is 70.5 Å². The Morgan fingerprint density at radius 2 is 1.90 bits per heavy atom. The van der Waals surface area contributed by atoms with Gasteiger partial charge < -0.3 is 10.4 Å². The molecule has 1 atom stereocenters. The van der Waals surface area contributed by atoms with Gasteiger partial charge in [0.2, 0.25) is 0 Å². The minimum atomic E-state index is -0.629. The molecule has 2 N–H and O–H groups in total. The summed E-state index contributed by atoms with van der Waals surface area (Å²) < 4.78 is 13.7. The van der Waals surface area contributed by atoms with Gasteiger partial charge in [0.15, 0.2) is 0 Å². The highest BCUT2D eigenvalue weighted by Gasteiger charge is 2.25. The van der Waals surface area contributed by atoms with Gasteiger partial charge >= 0.3 is 0 Å². The van der Waals surface area contributed by atoms with E-state index in [0.717, 1.165) is 5.56 Å². The van der Waals surface area contributed by atoms with E-state index in [1.54, 1.807) is 6.07 Å². The van der Waals surface area contributed by atoms with Gasteiger partial charge in [0.25, 0.3) is 0 Å². The Balaban J connectivity index is 2.17. The fraction of sp³-hybridized carbons (Fsp3) is 0.250. The zero-order chi connectivity index (χ0) is 14.6. The molecule has 0 saturated carbocycles. The van der Waals surface area contributed by atoms with Crippen molar-refractivity contribution in [2.24, 2.45) is 0 Å². The van der Waals surface area contributed by atoms with Crippen LogP contribution in [0.2, 0.25) is 5.02 Å². The number of hydrogen-bond acceptors (Lipinski definition) is 2. The first kappa shape index (κ1) is 15.0. The first-order chi connectivity index (χ1) is 9.55. The van der Waals surface area contributed by atoms with Crippen LogP contribution in [0.1, 0.15) is 18.1 Å². The van der Waals surface area contributed by atoms with Gasteiger partial charge in [-0.25, -0.2) is 4.39 Å². The fourth-order valence-corrected chi connectivity index (χ4v) is 2.22. The molecule has 1 unspecified atom stereocenters. The molecule has 0 heterocycles. The van der Waals surface area contributed by atoms with Crippen molar-refractivity contribution in [2.45, 2.75) is 19.0 Å². The molecule has 0 aliphatic carbocycles. The van der Waals surface area contributed by atoms with E-state index in [2.05, 4.69) is 5.32 Å². The number of hydrogen-bond donors (Lipinski definition) is 2. The first-order valence-electron chi connectivity index (χ1n) is 6.40. The number of halogens is 2. The monoisotopic (exact) mass is 293 g/mol. The summed E-state index contributed by atoms with van der Waals surface area (Å²) in [5.74, 6) is -0.310. The summed E-state index contributed by atoms with van der Waals surface area (Å²) in [5.41, 5.74) is 0.800. The van der Waals surface area contributed by atoms with Gasteiger partial charge in [-0.2, -0.15) is 0 Å². The summed E-state index contributed by atoms with van der Waals surface area (Å²) in [5, 5.41) is 13.4. The summed E-state index contributed by atoms with van der Waals surface area (Å²) in [6.07, 6.45) is 0. The summed E-state index contributed by atoms with van der Waals surface area (Å²) in [7, 11) is 0. The number of aliphatic hydroxyl groups is 1. The zero-order valence-electron chi connectivity index (χ0n) is 11.2. The average Bonchev–Trinajstić information content (AvgIpc) is 2.49. The highest BCUT2D eigenvalue weighted by atomic mass is 35.5. The van der Waals surface area contributed by atoms with Crippen molar-refractivity contribution in [3.8, 4) is 0 Å². The molecule has 106 valence electrons. The van der Waals surface area contributed by atoms with Crippen molar-refractivity contribution in [1.82, 2.24) is 5.32 Å². The molecule has 0 aliphatic heterocycles. The van der Waals surface area contributed by atoms with Gasteiger partial charge in [0, 0.05) is 17.1 Å². The largest absolute Gasteiger partial charge is 0.394 e. The van der Waals surface area contributed by atoms with Crippen molar-refractivity contribution < 1.29 is 9.50 Å². The minimum absolute atomic E-state index is 0.0841. The molecule has 4 heteroatoms. The van der Waals surface area contributed by atoms with Crippen LogP contribution in [0.4, 0.5) is 4.39 Å². The predicted molar refractivity (Wildman–Crippen MR) is 79.1 cm³/mol. The lowest BCUT2D eigenvalue weighted by atomic mass is 9.92. The van der Waals surface area contributed by atoms with Crippen LogP contribution < -0.4 is 5.32 Å². The van der Waals surface area contributed by atoms with Crippen molar-refractivity contribution in [2.75, 3.05) is 6.61 Å². The lowest BCUT2D eigenvalue weighted by Crippen LogP contribution is -2.42. The second-order valence-corrected chi connectivity index (χ2v) is 5.38. The van der Waals surface area contributed by atoms with E-state index >= 15 is 0 Å². The molecule has 2 aromatic carbocycles. The molecule has 2 aromatic rings. The molecular weight excluding hydrogens is 277 g/mol. The molecule has 20 heavy (non-hydrogen) atoms. The highest BCUT2D eigenvalue weighted by Crippen LogP contribution is 2.22. The molecule has 0 saturated heterocycles. The summed E-state index contributed by atoms with van der Waals surface area (Å²) in [6, 6.07) is 14.0. The molecule has 0 radical (unpaired) electrons. The van der Waals surface area contributed by atoms with E-state index < -0.39 is 5.54 Å². The van der Waals surface area contributed by atoms with Crippen molar-refractivity contribution >= 4 is 11.6 Å². The Kier molecular flexibility index (Phi) is 4.76. The van der Waals surface area contributed by atoms with Crippen LogP contribution in [0.3, 0.4) is 0 Å². The minimum Gasteiger partial charge on any atom is -0.394 e. The first-order valence-corrected chi connectivity index (χ1v) is 6.78. The second kappa shape index (κ2) is 6.35. The molecule has 0 spiro atoms. The lowest BCUT2D eigenvalue weighted by Gasteiger charge is -2.29. The maximum absolute atomic E-state index is 13.7. The van der Waals surface area contributed by atoms with E-state index in [9.17, 15) is 9.50 Å². The van der Waals surface area contributed by atoms with Crippen LogP contribution in [0.5, 0.6) is 0 Å². The predicted octanol–water partition coefficient (Wildman–Crippen LogP) is 3.48.